The van der Waals surface area contributed by atoms with Gasteiger partial charge in [-0.05, 0) is 62.3 Å². The van der Waals surface area contributed by atoms with Crippen LogP contribution < -0.4 is 0 Å². The number of nitrogens with zero attached hydrogens (tertiary/aromatic N) is 3. The lowest BCUT2D eigenvalue weighted by atomic mass is 9.98. The molecule has 0 amide bonds. The van der Waals surface area contributed by atoms with E-state index < -0.39 is 0 Å². The van der Waals surface area contributed by atoms with Gasteiger partial charge >= 0.3 is 0 Å². The molecule has 7 aromatic carbocycles. The van der Waals surface area contributed by atoms with Gasteiger partial charge in [0, 0.05) is 16.5 Å². The molecule has 0 saturated heterocycles. The molecule has 41 heavy (non-hydrogen) atoms. The molecule has 0 spiro atoms. The van der Waals surface area contributed by atoms with Crippen molar-refractivity contribution in [3.05, 3.63) is 152 Å². The largest absolute Gasteiger partial charge is 0.274 e. The third-order valence-corrected chi connectivity index (χ3v) is 7.88. The second kappa shape index (κ2) is 9.58. The van der Waals surface area contributed by atoms with Gasteiger partial charge in [-0.15, -0.1) is 10.2 Å². The van der Waals surface area contributed by atoms with Crippen molar-refractivity contribution in [3.63, 3.8) is 0 Å². The quantitative estimate of drug-likeness (QED) is 0.215. The maximum atomic E-state index is 4.73. The van der Waals surface area contributed by atoms with Crippen LogP contribution in [0.2, 0.25) is 0 Å². The van der Waals surface area contributed by atoms with Crippen molar-refractivity contribution < 1.29 is 0 Å². The summed E-state index contributed by atoms with van der Waals surface area (Å²) in [5.74, 6) is 1.64. The average molecular weight is 524 g/mol. The SMILES string of the molecule is c1ccc(-c2nnc(-c3ccc(-c4ccc5cc6ccccc6cc5c4)cc3)n2-c2cccc3ccccc23)cc1. The molecule has 8 aromatic rings. The minimum Gasteiger partial charge on any atom is -0.274 e. The molecular weight excluding hydrogens is 498 g/mol. The molecule has 3 heteroatoms. The number of hydrogen-bond acceptors (Lipinski definition) is 2. The van der Waals surface area contributed by atoms with Crippen LogP contribution in [0.15, 0.2) is 152 Å². The highest BCUT2D eigenvalue weighted by atomic mass is 15.3. The first-order valence-electron chi connectivity index (χ1n) is 13.8. The van der Waals surface area contributed by atoms with Crippen LogP contribution in [0.3, 0.4) is 0 Å². The van der Waals surface area contributed by atoms with E-state index >= 15 is 0 Å². The maximum absolute atomic E-state index is 4.73. The van der Waals surface area contributed by atoms with Gasteiger partial charge in [-0.25, -0.2) is 0 Å². The summed E-state index contributed by atoms with van der Waals surface area (Å²) in [6, 6.07) is 53.6. The minimum absolute atomic E-state index is 0.816. The first-order chi connectivity index (χ1) is 20.3. The van der Waals surface area contributed by atoms with E-state index in [1.807, 2.05) is 18.2 Å². The Hall–Kier alpha value is -5.54. The summed E-state index contributed by atoms with van der Waals surface area (Å²) in [6.07, 6.45) is 0. The fourth-order valence-corrected chi connectivity index (χ4v) is 5.81. The van der Waals surface area contributed by atoms with Crippen molar-refractivity contribution in [1.82, 2.24) is 14.8 Å². The van der Waals surface area contributed by atoms with Gasteiger partial charge < -0.3 is 0 Å². The molecule has 0 atom stereocenters. The van der Waals surface area contributed by atoms with Crippen molar-refractivity contribution in [2.24, 2.45) is 0 Å². The van der Waals surface area contributed by atoms with E-state index in [1.165, 1.54) is 38.1 Å². The van der Waals surface area contributed by atoms with E-state index in [9.17, 15) is 0 Å². The van der Waals surface area contributed by atoms with Crippen LogP contribution in [0, 0.1) is 0 Å². The predicted molar refractivity (Wildman–Crippen MR) is 170 cm³/mol. The fraction of sp³-hybridized carbons (Fsp3) is 0. The molecule has 0 aliphatic carbocycles. The van der Waals surface area contributed by atoms with Gasteiger partial charge in [0.1, 0.15) is 0 Å². The molecular formula is C38H25N3. The molecule has 0 fully saturated rings. The Morgan fingerprint density at radius 1 is 0.341 bits per heavy atom. The Morgan fingerprint density at radius 2 is 0.878 bits per heavy atom. The topological polar surface area (TPSA) is 30.7 Å². The Bertz CT molecular complexity index is 2190. The zero-order valence-electron chi connectivity index (χ0n) is 22.3. The summed E-state index contributed by atoms with van der Waals surface area (Å²) in [5, 5.41) is 16.8. The van der Waals surface area contributed by atoms with Gasteiger partial charge in [-0.1, -0.05) is 127 Å². The number of fused-ring (bicyclic) bond motifs is 3. The van der Waals surface area contributed by atoms with E-state index in [2.05, 4.69) is 138 Å². The zero-order valence-corrected chi connectivity index (χ0v) is 22.3. The van der Waals surface area contributed by atoms with Crippen molar-refractivity contribution >= 4 is 32.3 Å². The van der Waals surface area contributed by atoms with Crippen LogP contribution in [0.1, 0.15) is 0 Å². The Kier molecular flexibility index (Phi) is 5.46. The van der Waals surface area contributed by atoms with Gasteiger partial charge in [0.15, 0.2) is 11.6 Å². The molecule has 0 unspecified atom stereocenters. The average Bonchev–Trinajstić information content (AvgIpc) is 3.49. The van der Waals surface area contributed by atoms with E-state index in [1.54, 1.807) is 0 Å². The lowest BCUT2D eigenvalue weighted by Crippen LogP contribution is -2.01. The van der Waals surface area contributed by atoms with Crippen molar-refractivity contribution in [2.45, 2.75) is 0 Å². The first-order valence-corrected chi connectivity index (χ1v) is 13.8. The number of hydrogen-bond donors (Lipinski definition) is 0. The minimum atomic E-state index is 0.816. The van der Waals surface area contributed by atoms with Crippen LogP contribution in [-0.2, 0) is 0 Å². The molecule has 0 aliphatic heterocycles. The van der Waals surface area contributed by atoms with Gasteiger partial charge in [0.2, 0.25) is 0 Å². The molecule has 1 heterocycles. The highest BCUT2D eigenvalue weighted by Gasteiger charge is 2.19. The van der Waals surface area contributed by atoms with Gasteiger partial charge in [-0.2, -0.15) is 0 Å². The normalized spacial score (nSPS) is 11.4. The van der Waals surface area contributed by atoms with Crippen molar-refractivity contribution in [2.75, 3.05) is 0 Å². The van der Waals surface area contributed by atoms with Crippen molar-refractivity contribution in [1.29, 1.82) is 0 Å². The van der Waals surface area contributed by atoms with E-state index in [0.29, 0.717) is 0 Å². The molecule has 8 rings (SSSR count). The van der Waals surface area contributed by atoms with Crippen LogP contribution in [0.5, 0.6) is 0 Å². The summed E-state index contributed by atoms with van der Waals surface area (Å²) in [4.78, 5) is 0. The van der Waals surface area contributed by atoms with Crippen molar-refractivity contribution in [3.8, 4) is 39.6 Å². The third kappa shape index (κ3) is 4.07. The third-order valence-electron chi connectivity index (χ3n) is 7.88. The molecule has 0 aliphatic rings. The van der Waals surface area contributed by atoms with Crippen LogP contribution >= 0.6 is 0 Å². The fourth-order valence-electron chi connectivity index (χ4n) is 5.81. The van der Waals surface area contributed by atoms with Gasteiger partial charge in [0.25, 0.3) is 0 Å². The van der Waals surface area contributed by atoms with Gasteiger partial charge in [-0.3, -0.25) is 4.57 Å². The molecule has 3 nitrogen and oxygen atoms in total. The second-order valence-corrected chi connectivity index (χ2v) is 10.4. The lowest BCUT2D eigenvalue weighted by molar-refractivity contribution is 1.08. The summed E-state index contributed by atoms with van der Waals surface area (Å²) >= 11 is 0. The smallest absolute Gasteiger partial charge is 0.168 e. The summed E-state index contributed by atoms with van der Waals surface area (Å²) in [7, 11) is 0. The number of benzene rings is 7. The maximum Gasteiger partial charge on any atom is 0.168 e. The zero-order chi connectivity index (χ0) is 27.2. The number of rotatable bonds is 4. The summed E-state index contributed by atoms with van der Waals surface area (Å²) < 4.78 is 2.19. The Balaban J connectivity index is 1.25. The molecule has 192 valence electrons. The van der Waals surface area contributed by atoms with Crippen LogP contribution in [0.4, 0.5) is 0 Å². The molecule has 0 radical (unpaired) electrons. The first kappa shape index (κ1) is 23.4. The molecule has 0 bridgehead atoms. The lowest BCUT2D eigenvalue weighted by Gasteiger charge is -2.14. The Labute approximate surface area is 238 Å². The Morgan fingerprint density at radius 3 is 1.63 bits per heavy atom. The van der Waals surface area contributed by atoms with E-state index in [4.69, 9.17) is 10.2 Å². The second-order valence-electron chi connectivity index (χ2n) is 10.4. The summed E-state index contributed by atoms with van der Waals surface area (Å²) in [6.45, 7) is 0. The van der Waals surface area contributed by atoms with Crippen LogP contribution in [0.25, 0.3) is 71.9 Å². The standard InChI is InChI=1S/C38H25N3/c1-2-10-28(11-3-1)37-39-40-38(41(37)36-16-8-14-27-9-6-7-15-35(27)36)29-19-17-26(18-20-29)32-21-22-33-23-30-12-4-5-13-31(30)24-34(33)25-32/h1-25H. The number of aromatic nitrogens is 3. The molecule has 0 saturated carbocycles. The van der Waals surface area contributed by atoms with E-state index in [0.717, 1.165) is 33.8 Å². The van der Waals surface area contributed by atoms with Gasteiger partial charge in [0.05, 0.1) is 5.69 Å². The highest BCUT2D eigenvalue weighted by molar-refractivity contribution is 5.99. The highest BCUT2D eigenvalue weighted by Crippen LogP contribution is 2.34. The van der Waals surface area contributed by atoms with E-state index in [-0.39, 0.29) is 0 Å². The summed E-state index contributed by atoms with van der Waals surface area (Å²) in [5.41, 5.74) is 5.47. The monoisotopic (exact) mass is 523 g/mol. The molecule has 1 aromatic heterocycles. The molecule has 0 N–H and O–H groups in total. The predicted octanol–water partition coefficient (Wildman–Crippen LogP) is 9.73. The van der Waals surface area contributed by atoms with Crippen LogP contribution in [-0.4, -0.2) is 14.8 Å².